The van der Waals surface area contributed by atoms with Gasteiger partial charge in [-0.2, -0.15) is 0 Å². The lowest BCUT2D eigenvalue weighted by Crippen LogP contribution is -2.28. The molecule has 0 bridgehead atoms. The number of aliphatic hydroxyl groups is 1. The molecule has 0 saturated carbocycles. The van der Waals surface area contributed by atoms with Gasteiger partial charge in [-0.1, -0.05) is 41.9 Å². The summed E-state index contributed by atoms with van der Waals surface area (Å²) in [5.41, 5.74) is 3.35. The molecule has 4 nitrogen and oxygen atoms in total. The fourth-order valence-corrected chi connectivity index (χ4v) is 3.10. The Morgan fingerprint density at radius 1 is 1.08 bits per heavy atom. The largest absolute Gasteiger partial charge is 0.389 e. The number of benzene rings is 2. The minimum atomic E-state index is -0.499. The standard InChI is InChI=1S/C20H21ClN2O2/c1-12(14-4-6-15(7-5-14)13(2)24)22-20(25)19-10-16-8-9-17(21)11-18(16)23(19)3/h4-13,24H,1-3H3,(H,22,25). The number of carbonyl (C=O) groups excluding carboxylic acids is 1. The average Bonchev–Trinajstić information content (AvgIpc) is 2.91. The molecule has 2 N–H and O–H groups in total. The number of fused-ring (bicyclic) bond motifs is 1. The van der Waals surface area contributed by atoms with Crippen LogP contribution in [0, 0.1) is 0 Å². The van der Waals surface area contributed by atoms with Crippen LogP contribution in [0.2, 0.25) is 5.02 Å². The highest BCUT2D eigenvalue weighted by molar-refractivity contribution is 6.31. The Labute approximate surface area is 152 Å². The monoisotopic (exact) mass is 356 g/mol. The van der Waals surface area contributed by atoms with Crippen LogP contribution in [0.15, 0.2) is 48.5 Å². The van der Waals surface area contributed by atoms with Gasteiger partial charge in [-0.15, -0.1) is 0 Å². The van der Waals surface area contributed by atoms with Crippen LogP contribution in [0.5, 0.6) is 0 Å². The van der Waals surface area contributed by atoms with Crippen molar-refractivity contribution < 1.29 is 9.90 Å². The van der Waals surface area contributed by atoms with Gasteiger partial charge < -0.3 is 15.0 Å². The van der Waals surface area contributed by atoms with E-state index in [4.69, 9.17) is 11.6 Å². The number of aliphatic hydroxyl groups excluding tert-OH is 1. The highest BCUT2D eigenvalue weighted by atomic mass is 35.5. The van der Waals surface area contributed by atoms with E-state index in [0.29, 0.717) is 10.7 Å². The topological polar surface area (TPSA) is 54.3 Å². The van der Waals surface area contributed by atoms with E-state index in [9.17, 15) is 9.90 Å². The van der Waals surface area contributed by atoms with Crippen LogP contribution in [-0.2, 0) is 7.05 Å². The smallest absolute Gasteiger partial charge is 0.268 e. The van der Waals surface area contributed by atoms with Crippen LogP contribution in [0.3, 0.4) is 0 Å². The van der Waals surface area contributed by atoms with Crippen LogP contribution in [0.25, 0.3) is 10.9 Å². The van der Waals surface area contributed by atoms with Crippen LogP contribution in [-0.4, -0.2) is 15.6 Å². The molecule has 2 aromatic carbocycles. The molecular weight excluding hydrogens is 336 g/mol. The van der Waals surface area contributed by atoms with Crippen molar-refractivity contribution in [2.24, 2.45) is 7.05 Å². The van der Waals surface area contributed by atoms with Crippen molar-refractivity contribution in [1.29, 1.82) is 0 Å². The summed E-state index contributed by atoms with van der Waals surface area (Å²) in [6.07, 6.45) is -0.499. The number of aromatic nitrogens is 1. The summed E-state index contributed by atoms with van der Waals surface area (Å²) in [6.45, 7) is 3.67. The van der Waals surface area contributed by atoms with Crippen molar-refractivity contribution in [3.05, 3.63) is 70.4 Å². The van der Waals surface area contributed by atoms with Crippen LogP contribution < -0.4 is 5.32 Å². The highest BCUT2D eigenvalue weighted by Crippen LogP contribution is 2.23. The molecule has 1 heterocycles. The lowest BCUT2D eigenvalue weighted by atomic mass is 10.0. The first-order valence-corrected chi connectivity index (χ1v) is 8.58. The number of carbonyl (C=O) groups is 1. The fraction of sp³-hybridized carbons (Fsp3) is 0.250. The summed E-state index contributed by atoms with van der Waals surface area (Å²) < 4.78 is 1.85. The minimum absolute atomic E-state index is 0.137. The molecule has 0 aliphatic rings. The van der Waals surface area contributed by atoms with Crippen LogP contribution >= 0.6 is 11.6 Å². The number of halogens is 1. The Morgan fingerprint density at radius 3 is 2.36 bits per heavy atom. The Kier molecular flexibility index (Phi) is 4.84. The molecule has 1 aromatic heterocycles. The third-order valence-electron chi connectivity index (χ3n) is 4.51. The number of amides is 1. The molecule has 0 fully saturated rings. The van der Waals surface area contributed by atoms with Crippen molar-refractivity contribution in [2.75, 3.05) is 0 Å². The molecular formula is C20H21ClN2O2. The van der Waals surface area contributed by atoms with E-state index >= 15 is 0 Å². The molecule has 130 valence electrons. The van der Waals surface area contributed by atoms with Gasteiger partial charge in [0.25, 0.3) is 5.91 Å². The summed E-state index contributed by atoms with van der Waals surface area (Å²) in [5.74, 6) is -0.137. The fourth-order valence-electron chi connectivity index (χ4n) is 2.94. The zero-order valence-corrected chi connectivity index (χ0v) is 15.2. The maximum absolute atomic E-state index is 12.7. The van der Waals surface area contributed by atoms with E-state index < -0.39 is 6.10 Å². The lowest BCUT2D eigenvalue weighted by Gasteiger charge is -2.16. The van der Waals surface area contributed by atoms with Gasteiger partial charge in [0.15, 0.2) is 0 Å². The first-order valence-electron chi connectivity index (χ1n) is 8.20. The van der Waals surface area contributed by atoms with Crippen molar-refractivity contribution in [1.82, 2.24) is 9.88 Å². The van der Waals surface area contributed by atoms with E-state index in [2.05, 4.69) is 5.32 Å². The number of hydrogen-bond acceptors (Lipinski definition) is 2. The van der Waals surface area contributed by atoms with Gasteiger partial charge in [-0.05, 0) is 43.2 Å². The van der Waals surface area contributed by atoms with E-state index in [1.54, 1.807) is 6.92 Å². The molecule has 2 unspecified atom stereocenters. The first kappa shape index (κ1) is 17.5. The second-order valence-corrected chi connectivity index (χ2v) is 6.77. The van der Waals surface area contributed by atoms with Crippen LogP contribution in [0.4, 0.5) is 0 Å². The Hall–Kier alpha value is -2.30. The molecule has 3 rings (SSSR count). The van der Waals surface area contributed by atoms with Crippen molar-refractivity contribution in [2.45, 2.75) is 26.0 Å². The van der Waals surface area contributed by atoms with Gasteiger partial charge in [-0.25, -0.2) is 0 Å². The quantitative estimate of drug-likeness (QED) is 0.729. The molecule has 2 atom stereocenters. The normalized spacial score (nSPS) is 13.6. The molecule has 25 heavy (non-hydrogen) atoms. The number of rotatable bonds is 4. The van der Waals surface area contributed by atoms with Crippen molar-refractivity contribution in [3.63, 3.8) is 0 Å². The minimum Gasteiger partial charge on any atom is -0.389 e. The Balaban J connectivity index is 1.80. The van der Waals surface area contributed by atoms with E-state index in [1.807, 2.05) is 67.1 Å². The van der Waals surface area contributed by atoms with Gasteiger partial charge in [-0.3, -0.25) is 4.79 Å². The summed E-state index contributed by atoms with van der Waals surface area (Å²) >= 11 is 6.05. The second kappa shape index (κ2) is 6.90. The third-order valence-corrected chi connectivity index (χ3v) is 4.74. The third kappa shape index (κ3) is 3.55. The van der Waals surface area contributed by atoms with Crippen molar-refractivity contribution >= 4 is 28.4 Å². The molecule has 0 aliphatic heterocycles. The number of hydrogen-bond donors (Lipinski definition) is 2. The van der Waals surface area contributed by atoms with E-state index in [1.165, 1.54) is 0 Å². The second-order valence-electron chi connectivity index (χ2n) is 6.33. The predicted octanol–water partition coefficient (Wildman–Crippen LogP) is 4.38. The highest BCUT2D eigenvalue weighted by Gasteiger charge is 2.16. The van der Waals surface area contributed by atoms with Gasteiger partial charge in [0.05, 0.1) is 12.1 Å². The molecule has 3 aromatic rings. The summed E-state index contributed by atoms with van der Waals surface area (Å²) in [7, 11) is 1.86. The summed E-state index contributed by atoms with van der Waals surface area (Å²) in [6, 6.07) is 14.9. The SMILES string of the molecule is CC(O)c1ccc(C(C)NC(=O)c2cc3ccc(Cl)cc3n2C)cc1. The predicted molar refractivity (Wildman–Crippen MR) is 101 cm³/mol. The lowest BCUT2D eigenvalue weighted by molar-refractivity contribution is 0.0932. The Bertz CT molecular complexity index is 913. The van der Waals surface area contributed by atoms with E-state index in [-0.39, 0.29) is 11.9 Å². The molecule has 5 heteroatoms. The zero-order valence-electron chi connectivity index (χ0n) is 14.5. The molecule has 1 amide bonds. The Morgan fingerprint density at radius 2 is 1.72 bits per heavy atom. The first-order chi connectivity index (χ1) is 11.9. The molecule has 0 spiro atoms. The van der Waals surface area contributed by atoms with Gasteiger partial charge >= 0.3 is 0 Å². The average molecular weight is 357 g/mol. The maximum atomic E-state index is 12.7. The van der Waals surface area contributed by atoms with Gasteiger partial charge in [0, 0.05) is 23.0 Å². The molecule has 0 aliphatic carbocycles. The number of aryl methyl sites for hydroxylation is 1. The molecule has 0 saturated heterocycles. The van der Waals surface area contributed by atoms with Crippen molar-refractivity contribution in [3.8, 4) is 0 Å². The van der Waals surface area contributed by atoms with Gasteiger partial charge in [0.2, 0.25) is 0 Å². The number of nitrogens with zero attached hydrogens (tertiary/aromatic N) is 1. The van der Waals surface area contributed by atoms with E-state index in [0.717, 1.165) is 22.0 Å². The number of nitrogens with one attached hydrogen (secondary N) is 1. The maximum Gasteiger partial charge on any atom is 0.268 e. The zero-order chi connectivity index (χ0) is 18.1. The molecule has 0 radical (unpaired) electrons. The van der Waals surface area contributed by atoms with Gasteiger partial charge in [0.1, 0.15) is 5.69 Å². The summed E-state index contributed by atoms with van der Waals surface area (Å²) in [4.78, 5) is 12.7. The summed E-state index contributed by atoms with van der Waals surface area (Å²) in [5, 5.41) is 14.2. The van der Waals surface area contributed by atoms with Crippen LogP contribution in [0.1, 0.15) is 47.6 Å².